The van der Waals surface area contributed by atoms with Gasteiger partial charge in [0.05, 0.1) is 0 Å². The van der Waals surface area contributed by atoms with Crippen LogP contribution in [0.4, 0.5) is 5.69 Å². The van der Waals surface area contributed by atoms with Crippen LogP contribution in [0.15, 0.2) is 18.2 Å². The van der Waals surface area contributed by atoms with Crippen LogP contribution in [0.2, 0.25) is 5.02 Å². The monoisotopic (exact) mass is 310 g/mol. The van der Waals surface area contributed by atoms with Gasteiger partial charge in [-0.1, -0.05) is 31.5 Å². The van der Waals surface area contributed by atoms with Crippen LogP contribution in [0.1, 0.15) is 32.3 Å². The molecule has 0 amide bonds. The summed E-state index contributed by atoms with van der Waals surface area (Å²) in [6, 6.07) is 6.17. The number of nitrogens with zero attached hydrogens (tertiary/aromatic N) is 1. The number of halogens is 1. The molecule has 0 saturated carbocycles. The predicted molar refractivity (Wildman–Crippen MR) is 90.0 cm³/mol. The molecule has 1 heterocycles. The highest BCUT2D eigenvalue weighted by Gasteiger charge is 2.20. The lowest BCUT2D eigenvalue weighted by atomic mass is 9.97. The second-order valence-electron chi connectivity index (χ2n) is 6.41. The number of benzene rings is 1. The smallest absolute Gasteiger partial charge is 0.0460 e. The predicted octanol–water partition coefficient (Wildman–Crippen LogP) is 3.29. The molecule has 21 heavy (non-hydrogen) atoms. The lowest BCUT2D eigenvalue weighted by Gasteiger charge is -2.34. The second kappa shape index (κ2) is 8.02. The third-order valence-corrected chi connectivity index (χ3v) is 4.36. The van der Waals surface area contributed by atoms with Crippen LogP contribution in [0.3, 0.4) is 0 Å². The Morgan fingerprint density at radius 1 is 1.33 bits per heavy atom. The molecule has 1 saturated heterocycles. The van der Waals surface area contributed by atoms with Gasteiger partial charge in [-0.2, -0.15) is 0 Å². The van der Waals surface area contributed by atoms with Gasteiger partial charge in [0.1, 0.15) is 0 Å². The average Bonchev–Trinajstić information content (AvgIpc) is 2.48. The van der Waals surface area contributed by atoms with Crippen molar-refractivity contribution < 1.29 is 5.11 Å². The van der Waals surface area contributed by atoms with E-state index < -0.39 is 0 Å². The fourth-order valence-corrected chi connectivity index (χ4v) is 3.00. The van der Waals surface area contributed by atoms with Crippen molar-refractivity contribution in [3.8, 4) is 0 Å². The second-order valence-corrected chi connectivity index (χ2v) is 6.85. The maximum Gasteiger partial charge on any atom is 0.0460 e. The Labute approximate surface area is 133 Å². The van der Waals surface area contributed by atoms with Crippen LogP contribution < -0.4 is 10.2 Å². The Hall–Kier alpha value is -0.770. The van der Waals surface area contributed by atoms with Gasteiger partial charge in [0.25, 0.3) is 0 Å². The highest BCUT2D eigenvalue weighted by molar-refractivity contribution is 6.30. The zero-order valence-corrected chi connectivity index (χ0v) is 13.9. The number of anilines is 1. The zero-order valence-electron chi connectivity index (χ0n) is 13.1. The first-order valence-electron chi connectivity index (χ1n) is 7.95. The number of piperidine rings is 1. The third-order valence-electron chi connectivity index (χ3n) is 4.13. The third kappa shape index (κ3) is 4.87. The van der Waals surface area contributed by atoms with E-state index in [-0.39, 0.29) is 0 Å². The summed E-state index contributed by atoms with van der Waals surface area (Å²) < 4.78 is 0. The van der Waals surface area contributed by atoms with Crippen LogP contribution in [0.5, 0.6) is 0 Å². The molecule has 3 nitrogen and oxygen atoms in total. The van der Waals surface area contributed by atoms with Crippen LogP contribution in [0.25, 0.3) is 0 Å². The molecule has 0 aliphatic carbocycles. The summed E-state index contributed by atoms with van der Waals surface area (Å²) in [4.78, 5) is 2.41. The molecule has 0 bridgehead atoms. The largest absolute Gasteiger partial charge is 0.396 e. The topological polar surface area (TPSA) is 35.5 Å². The minimum Gasteiger partial charge on any atom is -0.396 e. The first kappa shape index (κ1) is 16.6. The van der Waals surface area contributed by atoms with Crippen molar-refractivity contribution in [1.82, 2.24) is 5.32 Å². The Morgan fingerprint density at radius 3 is 2.67 bits per heavy atom. The number of nitrogens with one attached hydrogen (secondary N) is 1. The molecule has 0 aromatic heterocycles. The van der Waals surface area contributed by atoms with Crippen molar-refractivity contribution in [2.45, 2.75) is 33.2 Å². The molecule has 2 N–H and O–H groups in total. The highest BCUT2D eigenvalue weighted by atomic mass is 35.5. The van der Waals surface area contributed by atoms with Crippen molar-refractivity contribution >= 4 is 17.3 Å². The van der Waals surface area contributed by atoms with Gasteiger partial charge < -0.3 is 15.3 Å². The number of aliphatic hydroxyl groups excluding tert-OH is 1. The molecule has 1 aromatic carbocycles. The van der Waals surface area contributed by atoms with Gasteiger partial charge in [0, 0.05) is 37.0 Å². The molecule has 118 valence electrons. The average molecular weight is 311 g/mol. The van der Waals surface area contributed by atoms with E-state index in [4.69, 9.17) is 11.6 Å². The van der Waals surface area contributed by atoms with Crippen molar-refractivity contribution in [3.05, 3.63) is 28.8 Å². The maximum atomic E-state index is 9.27. The fraction of sp³-hybridized carbons (Fsp3) is 0.647. The molecule has 1 fully saturated rings. The van der Waals surface area contributed by atoms with E-state index in [1.807, 2.05) is 6.07 Å². The van der Waals surface area contributed by atoms with E-state index in [9.17, 15) is 5.11 Å². The molecule has 0 spiro atoms. The summed E-state index contributed by atoms with van der Waals surface area (Å²) in [6.07, 6.45) is 2.11. The maximum absolute atomic E-state index is 9.27. The normalized spacial score (nSPS) is 16.7. The van der Waals surface area contributed by atoms with Crippen molar-refractivity contribution in [2.75, 3.05) is 31.1 Å². The van der Waals surface area contributed by atoms with E-state index in [2.05, 4.69) is 36.2 Å². The standard InChI is InChI=1S/C17H27ClN2O/c1-13(2)10-19-11-15-3-4-16(18)9-17(15)20-7-5-14(12-21)6-8-20/h3-4,9,13-14,19,21H,5-8,10-12H2,1-2H3. The van der Waals surface area contributed by atoms with Crippen molar-refractivity contribution in [1.29, 1.82) is 0 Å². The quantitative estimate of drug-likeness (QED) is 0.846. The Morgan fingerprint density at radius 2 is 2.05 bits per heavy atom. The van der Waals surface area contributed by atoms with Crippen LogP contribution in [-0.4, -0.2) is 31.3 Å². The molecular formula is C17H27ClN2O. The van der Waals surface area contributed by atoms with Crippen LogP contribution in [-0.2, 0) is 6.54 Å². The number of hydrogen-bond donors (Lipinski definition) is 2. The number of hydrogen-bond acceptors (Lipinski definition) is 3. The lowest BCUT2D eigenvalue weighted by molar-refractivity contribution is 0.203. The molecule has 0 radical (unpaired) electrons. The molecule has 1 aliphatic heterocycles. The molecule has 2 rings (SSSR count). The Balaban J connectivity index is 2.04. The van der Waals surface area contributed by atoms with Crippen molar-refractivity contribution in [2.24, 2.45) is 11.8 Å². The Bertz CT molecular complexity index is 442. The van der Waals surface area contributed by atoms with Gasteiger partial charge in [0.15, 0.2) is 0 Å². The summed E-state index contributed by atoms with van der Waals surface area (Å²) in [7, 11) is 0. The van der Waals surface area contributed by atoms with Crippen molar-refractivity contribution in [3.63, 3.8) is 0 Å². The lowest BCUT2D eigenvalue weighted by Crippen LogP contribution is -2.35. The zero-order chi connectivity index (χ0) is 15.2. The van der Waals surface area contributed by atoms with Crippen LogP contribution >= 0.6 is 11.6 Å². The molecule has 1 aromatic rings. The van der Waals surface area contributed by atoms with Gasteiger partial charge in [-0.15, -0.1) is 0 Å². The molecule has 0 atom stereocenters. The van der Waals surface area contributed by atoms with E-state index >= 15 is 0 Å². The van der Waals surface area contributed by atoms with E-state index in [0.717, 1.165) is 44.0 Å². The number of aliphatic hydroxyl groups is 1. The molecule has 4 heteroatoms. The fourth-order valence-electron chi connectivity index (χ4n) is 2.83. The van der Waals surface area contributed by atoms with E-state index in [0.29, 0.717) is 18.4 Å². The van der Waals surface area contributed by atoms with E-state index in [1.54, 1.807) is 0 Å². The first-order chi connectivity index (χ1) is 10.1. The molecular weight excluding hydrogens is 284 g/mol. The highest BCUT2D eigenvalue weighted by Crippen LogP contribution is 2.29. The van der Waals surface area contributed by atoms with Gasteiger partial charge >= 0.3 is 0 Å². The molecule has 1 aliphatic rings. The van der Waals surface area contributed by atoms with Gasteiger partial charge in [0.2, 0.25) is 0 Å². The summed E-state index contributed by atoms with van der Waals surface area (Å²) >= 11 is 6.19. The summed E-state index contributed by atoms with van der Waals surface area (Å²) in [6.45, 7) is 8.65. The minimum absolute atomic E-state index is 0.312. The van der Waals surface area contributed by atoms with Crippen LogP contribution in [0, 0.1) is 11.8 Å². The summed E-state index contributed by atoms with van der Waals surface area (Å²) in [5, 5.41) is 13.6. The van der Waals surface area contributed by atoms with E-state index in [1.165, 1.54) is 11.3 Å². The Kier molecular flexibility index (Phi) is 6.34. The van der Waals surface area contributed by atoms with Gasteiger partial charge in [-0.25, -0.2) is 0 Å². The number of rotatable bonds is 6. The first-order valence-corrected chi connectivity index (χ1v) is 8.33. The minimum atomic E-state index is 0.312. The summed E-state index contributed by atoms with van der Waals surface area (Å²) in [5.41, 5.74) is 2.55. The SMILES string of the molecule is CC(C)CNCc1ccc(Cl)cc1N1CCC(CO)CC1. The van der Waals surface area contributed by atoms with Gasteiger partial charge in [-0.05, 0) is 48.9 Å². The van der Waals surface area contributed by atoms with Gasteiger partial charge in [-0.3, -0.25) is 0 Å². The molecule has 0 unspecified atom stereocenters. The summed E-state index contributed by atoms with van der Waals surface area (Å²) in [5.74, 6) is 1.11.